The molecule has 2 fully saturated rings. The van der Waals surface area contributed by atoms with Crippen LogP contribution >= 0.6 is 11.3 Å². The van der Waals surface area contributed by atoms with E-state index in [9.17, 15) is 4.79 Å². The number of hydrogen-bond donors (Lipinski definition) is 0. The standard InChI is InChI=1S/C16H25N3O2S/c1-2-15-17-13(12-22-15)11-18-6-4-7-19(9-8-18)16(20)14-5-3-10-21-14/h12,14H,2-11H2,1H3/t14-/m0/s1. The molecule has 0 spiro atoms. The lowest BCUT2D eigenvalue weighted by Gasteiger charge is -2.24. The van der Waals surface area contributed by atoms with Gasteiger partial charge in [0.05, 0.1) is 10.7 Å². The van der Waals surface area contributed by atoms with Crippen molar-refractivity contribution in [3.05, 3.63) is 16.1 Å². The topological polar surface area (TPSA) is 45.7 Å². The molecule has 0 aromatic carbocycles. The summed E-state index contributed by atoms with van der Waals surface area (Å²) in [6.45, 7) is 7.41. The SMILES string of the molecule is CCc1nc(CN2CCCN(C(=O)[C@@H]3CCCO3)CC2)cs1. The molecule has 0 bridgehead atoms. The van der Waals surface area contributed by atoms with Gasteiger partial charge in [0.25, 0.3) is 5.91 Å². The molecule has 6 heteroatoms. The molecule has 0 saturated carbocycles. The first kappa shape index (κ1) is 15.9. The van der Waals surface area contributed by atoms with E-state index in [2.05, 4.69) is 22.2 Å². The van der Waals surface area contributed by atoms with Crippen molar-refractivity contribution < 1.29 is 9.53 Å². The summed E-state index contributed by atoms with van der Waals surface area (Å²) in [6.07, 6.45) is 3.76. The molecule has 0 aliphatic carbocycles. The van der Waals surface area contributed by atoms with Crippen molar-refractivity contribution in [2.24, 2.45) is 0 Å². The molecular formula is C16H25N3O2S. The van der Waals surface area contributed by atoms with E-state index in [0.717, 1.165) is 65.0 Å². The van der Waals surface area contributed by atoms with Gasteiger partial charge in [-0.2, -0.15) is 0 Å². The Morgan fingerprint density at radius 2 is 2.27 bits per heavy atom. The fraction of sp³-hybridized carbons (Fsp3) is 0.750. The first-order valence-electron chi connectivity index (χ1n) is 8.32. The summed E-state index contributed by atoms with van der Waals surface area (Å²) in [5.74, 6) is 0.196. The van der Waals surface area contributed by atoms with Crippen LogP contribution in [0.25, 0.3) is 0 Å². The quantitative estimate of drug-likeness (QED) is 0.849. The Kier molecular flexibility index (Phi) is 5.44. The Morgan fingerprint density at radius 3 is 3.00 bits per heavy atom. The average molecular weight is 323 g/mol. The Morgan fingerprint density at radius 1 is 1.36 bits per heavy atom. The molecule has 1 atom stereocenters. The van der Waals surface area contributed by atoms with E-state index >= 15 is 0 Å². The highest BCUT2D eigenvalue weighted by molar-refractivity contribution is 7.09. The average Bonchev–Trinajstić information content (AvgIpc) is 3.16. The van der Waals surface area contributed by atoms with Gasteiger partial charge in [0.15, 0.2) is 0 Å². The zero-order valence-corrected chi connectivity index (χ0v) is 14.1. The zero-order chi connectivity index (χ0) is 15.4. The number of ether oxygens (including phenoxy) is 1. The number of thiazole rings is 1. The van der Waals surface area contributed by atoms with Gasteiger partial charge in [-0.25, -0.2) is 4.98 Å². The van der Waals surface area contributed by atoms with Crippen LogP contribution in [-0.4, -0.2) is 59.6 Å². The van der Waals surface area contributed by atoms with Crippen LogP contribution in [-0.2, 0) is 22.5 Å². The summed E-state index contributed by atoms with van der Waals surface area (Å²) in [7, 11) is 0. The molecule has 122 valence electrons. The number of aryl methyl sites for hydroxylation is 1. The Balaban J connectivity index is 1.52. The summed E-state index contributed by atoms with van der Waals surface area (Å²) in [5.41, 5.74) is 1.17. The van der Waals surface area contributed by atoms with E-state index in [1.165, 1.54) is 10.7 Å². The minimum absolute atomic E-state index is 0.183. The van der Waals surface area contributed by atoms with Crippen LogP contribution < -0.4 is 0 Å². The molecular weight excluding hydrogens is 298 g/mol. The molecule has 1 aromatic rings. The first-order chi connectivity index (χ1) is 10.8. The van der Waals surface area contributed by atoms with E-state index in [1.807, 2.05) is 4.90 Å². The molecule has 0 radical (unpaired) electrons. The van der Waals surface area contributed by atoms with Crippen molar-refractivity contribution in [3.8, 4) is 0 Å². The van der Waals surface area contributed by atoms with Gasteiger partial charge < -0.3 is 9.64 Å². The maximum absolute atomic E-state index is 12.4. The van der Waals surface area contributed by atoms with Crippen molar-refractivity contribution in [2.75, 3.05) is 32.8 Å². The number of rotatable bonds is 4. The molecule has 22 heavy (non-hydrogen) atoms. The van der Waals surface area contributed by atoms with Crippen molar-refractivity contribution >= 4 is 17.2 Å². The van der Waals surface area contributed by atoms with Gasteiger partial charge in [-0.3, -0.25) is 9.69 Å². The Hall–Kier alpha value is -0.980. The predicted molar refractivity (Wildman–Crippen MR) is 86.9 cm³/mol. The second kappa shape index (κ2) is 7.53. The number of carbonyl (C=O) groups is 1. The maximum Gasteiger partial charge on any atom is 0.251 e. The molecule has 0 unspecified atom stereocenters. The minimum atomic E-state index is -0.183. The third-order valence-corrected chi connectivity index (χ3v) is 5.43. The van der Waals surface area contributed by atoms with Crippen LogP contribution in [0, 0.1) is 0 Å². The fourth-order valence-electron chi connectivity index (χ4n) is 3.14. The Bertz CT molecular complexity index is 499. The second-order valence-electron chi connectivity index (χ2n) is 6.04. The van der Waals surface area contributed by atoms with Crippen LogP contribution in [0.3, 0.4) is 0 Å². The Labute approximate surface area is 136 Å². The summed E-state index contributed by atoms with van der Waals surface area (Å²) in [4.78, 5) is 21.5. The van der Waals surface area contributed by atoms with Crippen LogP contribution in [0.15, 0.2) is 5.38 Å². The van der Waals surface area contributed by atoms with E-state index in [4.69, 9.17) is 4.74 Å². The predicted octanol–water partition coefficient (Wildman–Crippen LogP) is 1.92. The summed E-state index contributed by atoms with van der Waals surface area (Å²) in [5, 5.41) is 3.37. The van der Waals surface area contributed by atoms with Gasteiger partial charge in [0, 0.05) is 44.7 Å². The van der Waals surface area contributed by atoms with Gasteiger partial charge >= 0.3 is 0 Å². The maximum atomic E-state index is 12.4. The molecule has 3 heterocycles. The normalized spacial score (nSPS) is 23.7. The van der Waals surface area contributed by atoms with Crippen molar-refractivity contribution in [1.29, 1.82) is 0 Å². The lowest BCUT2D eigenvalue weighted by molar-refractivity contribution is -0.140. The summed E-state index contributed by atoms with van der Waals surface area (Å²) < 4.78 is 5.53. The highest BCUT2D eigenvalue weighted by atomic mass is 32.1. The third kappa shape index (κ3) is 3.86. The smallest absolute Gasteiger partial charge is 0.251 e. The first-order valence-corrected chi connectivity index (χ1v) is 9.20. The number of hydrogen-bond acceptors (Lipinski definition) is 5. The highest BCUT2D eigenvalue weighted by Gasteiger charge is 2.29. The van der Waals surface area contributed by atoms with Crippen LogP contribution in [0.2, 0.25) is 0 Å². The van der Waals surface area contributed by atoms with Crippen LogP contribution in [0.1, 0.15) is 36.9 Å². The van der Waals surface area contributed by atoms with Gasteiger partial charge in [0.1, 0.15) is 6.10 Å². The van der Waals surface area contributed by atoms with Gasteiger partial charge in [-0.1, -0.05) is 6.92 Å². The molecule has 3 rings (SSSR count). The monoisotopic (exact) mass is 323 g/mol. The molecule has 2 saturated heterocycles. The van der Waals surface area contributed by atoms with Crippen molar-refractivity contribution in [3.63, 3.8) is 0 Å². The van der Waals surface area contributed by atoms with Gasteiger partial charge in [0.2, 0.25) is 0 Å². The van der Waals surface area contributed by atoms with E-state index in [0.29, 0.717) is 0 Å². The number of amides is 1. The molecule has 0 N–H and O–H groups in total. The van der Waals surface area contributed by atoms with Gasteiger partial charge in [-0.15, -0.1) is 11.3 Å². The van der Waals surface area contributed by atoms with E-state index in [-0.39, 0.29) is 12.0 Å². The molecule has 1 aromatic heterocycles. The van der Waals surface area contributed by atoms with E-state index < -0.39 is 0 Å². The number of carbonyl (C=O) groups excluding carboxylic acids is 1. The van der Waals surface area contributed by atoms with Crippen molar-refractivity contribution in [2.45, 2.75) is 45.3 Å². The summed E-state index contributed by atoms with van der Waals surface area (Å²) >= 11 is 1.75. The summed E-state index contributed by atoms with van der Waals surface area (Å²) in [6, 6.07) is 0. The molecule has 2 aliphatic heterocycles. The number of nitrogens with zero attached hydrogens (tertiary/aromatic N) is 3. The lowest BCUT2D eigenvalue weighted by Crippen LogP contribution is -2.41. The molecule has 2 aliphatic rings. The second-order valence-corrected chi connectivity index (χ2v) is 6.99. The van der Waals surface area contributed by atoms with Crippen LogP contribution in [0.4, 0.5) is 0 Å². The highest BCUT2D eigenvalue weighted by Crippen LogP contribution is 2.17. The largest absolute Gasteiger partial charge is 0.368 e. The van der Waals surface area contributed by atoms with Gasteiger partial charge in [-0.05, 0) is 25.7 Å². The molecule has 1 amide bonds. The minimum Gasteiger partial charge on any atom is -0.368 e. The number of aromatic nitrogens is 1. The fourth-order valence-corrected chi connectivity index (χ4v) is 3.87. The van der Waals surface area contributed by atoms with Crippen LogP contribution in [0.5, 0.6) is 0 Å². The third-order valence-electron chi connectivity index (χ3n) is 4.39. The van der Waals surface area contributed by atoms with E-state index in [1.54, 1.807) is 11.3 Å². The van der Waals surface area contributed by atoms with Crippen molar-refractivity contribution in [1.82, 2.24) is 14.8 Å². The zero-order valence-electron chi connectivity index (χ0n) is 13.3. The lowest BCUT2D eigenvalue weighted by atomic mass is 10.2. The molecule has 5 nitrogen and oxygen atoms in total.